The Labute approximate surface area is 263 Å². The van der Waals surface area contributed by atoms with Crippen LogP contribution in [0.2, 0.25) is 0 Å². The first-order chi connectivity index (χ1) is 21.5. The molecular formula is C34H55FN6O3. The second kappa shape index (κ2) is 13.6. The summed E-state index contributed by atoms with van der Waals surface area (Å²) in [6.45, 7) is 9.63. The Hall–Kier alpha value is -1.59. The van der Waals surface area contributed by atoms with Crippen molar-refractivity contribution < 1.29 is 18.7 Å². The fourth-order valence-corrected chi connectivity index (χ4v) is 9.76. The third-order valence-corrected chi connectivity index (χ3v) is 12.3. The number of carbonyl (C=O) groups is 2. The van der Waals surface area contributed by atoms with E-state index in [0.717, 1.165) is 78.2 Å². The Morgan fingerprint density at radius 3 is 2.43 bits per heavy atom. The Bertz CT molecular complexity index is 1060. The van der Waals surface area contributed by atoms with Crippen molar-refractivity contribution in [3.63, 3.8) is 0 Å². The van der Waals surface area contributed by atoms with E-state index in [0.29, 0.717) is 18.4 Å². The van der Waals surface area contributed by atoms with Gasteiger partial charge in [0.15, 0.2) is 5.78 Å². The van der Waals surface area contributed by atoms with E-state index in [-0.39, 0.29) is 41.9 Å². The number of ketones is 1. The predicted octanol–water partition coefficient (Wildman–Crippen LogP) is 2.03. The van der Waals surface area contributed by atoms with E-state index in [2.05, 4.69) is 37.3 Å². The van der Waals surface area contributed by atoms with Crippen molar-refractivity contribution in [3.8, 4) is 0 Å². The van der Waals surface area contributed by atoms with Crippen LogP contribution in [0.1, 0.15) is 64.2 Å². The van der Waals surface area contributed by atoms with Crippen LogP contribution in [0, 0.1) is 17.8 Å². The van der Waals surface area contributed by atoms with Gasteiger partial charge in [0, 0.05) is 57.9 Å². The molecule has 1 amide bonds. The van der Waals surface area contributed by atoms with E-state index in [1.807, 2.05) is 6.20 Å². The standard InChI is InChI=1S/C34H55FN6O3/c1-38-15-17-40(18-16-38)13-6-9-37-34(43)26-22-41-28-19-23-7-2-3-8-24(23)20-29(28)44-33-30(36-10-14-39-11-4-5-12-39)27(35)21-25(31(33)41)32(26)42/h22-25,27-31,33,36H,2-21H2,1H3,(H,37,43). The molecule has 7 aliphatic rings. The first kappa shape index (κ1) is 31.0. The number of nitrogens with one attached hydrogen (secondary N) is 2. The van der Waals surface area contributed by atoms with Gasteiger partial charge in [-0.1, -0.05) is 25.7 Å². The van der Waals surface area contributed by atoms with Crippen LogP contribution in [0.3, 0.4) is 0 Å². The van der Waals surface area contributed by atoms with Gasteiger partial charge in [0.1, 0.15) is 6.17 Å². The molecule has 44 heavy (non-hydrogen) atoms. The SMILES string of the molecule is CN1CCN(CCCNC(=O)C2=CN3C4CC5CCCCC5CC4OC4C(NCCN5CCCC5)C(F)CC(C2=O)C43)CC1. The van der Waals surface area contributed by atoms with E-state index >= 15 is 4.39 Å². The molecule has 9 atom stereocenters. The molecule has 0 bridgehead atoms. The van der Waals surface area contributed by atoms with Crippen molar-refractivity contribution in [2.24, 2.45) is 17.8 Å². The van der Waals surface area contributed by atoms with Crippen molar-refractivity contribution in [1.82, 2.24) is 30.2 Å². The van der Waals surface area contributed by atoms with Gasteiger partial charge in [-0.3, -0.25) is 9.59 Å². The summed E-state index contributed by atoms with van der Waals surface area (Å²) in [5.74, 6) is 0.307. The van der Waals surface area contributed by atoms with Gasteiger partial charge in [0.05, 0.1) is 35.9 Å². The minimum atomic E-state index is -1.18. The number of hydrogen-bond donors (Lipinski definition) is 2. The van der Waals surface area contributed by atoms with Crippen molar-refractivity contribution >= 4 is 11.7 Å². The lowest BCUT2D eigenvalue weighted by molar-refractivity contribution is -0.208. The van der Waals surface area contributed by atoms with Gasteiger partial charge in [-0.15, -0.1) is 0 Å². The fraction of sp³-hybridized carbons (Fsp3) is 0.882. The second-order valence-electron chi connectivity index (χ2n) is 15.0. The lowest BCUT2D eigenvalue weighted by Crippen LogP contribution is -2.73. The molecule has 4 aliphatic heterocycles. The molecule has 0 aromatic rings. The Kier molecular flexibility index (Phi) is 9.62. The minimum absolute atomic E-state index is 0.0155. The number of carbonyl (C=O) groups excluding carboxylic acids is 2. The highest BCUT2D eigenvalue weighted by Crippen LogP contribution is 2.50. The number of morpholine rings is 1. The predicted molar refractivity (Wildman–Crippen MR) is 168 cm³/mol. The molecule has 3 saturated heterocycles. The molecule has 0 radical (unpaired) electrons. The van der Waals surface area contributed by atoms with Crippen LogP contribution in [0.4, 0.5) is 4.39 Å². The molecule has 9 nitrogen and oxygen atoms in total. The molecule has 0 aromatic carbocycles. The number of amides is 1. The van der Waals surface area contributed by atoms with Gasteiger partial charge >= 0.3 is 0 Å². The number of likely N-dealkylation sites (N-methyl/N-ethyl adjacent to an activating group) is 1. The number of alkyl halides is 1. The van der Waals surface area contributed by atoms with Gasteiger partial charge < -0.3 is 35.0 Å². The average Bonchev–Trinajstić information content (AvgIpc) is 3.55. The monoisotopic (exact) mass is 614 g/mol. The maximum Gasteiger partial charge on any atom is 0.256 e. The summed E-state index contributed by atoms with van der Waals surface area (Å²) in [6, 6.07) is -0.501. The molecule has 4 heterocycles. The normalized spacial score (nSPS) is 39.8. The van der Waals surface area contributed by atoms with Crippen LogP contribution in [0.5, 0.6) is 0 Å². The summed E-state index contributed by atoms with van der Waals surface area (Å²) < 4.78 is 23.0. The van der Waals surface area contributed by atoms with Crippen LogP contribution in [0.25, 0.3) is 0 Å². The fourth-order valence-electron chi connectivity index (χ4n) is 9.76. The van der Waals surface area contributed by atoms with Gasteiger partial charge in [0.2, 0.25) is 0 Å². The van der Waals surface area contributed by atoms with Crippen LogP contribution in [-0.2, 0) is 14.3 Å². The van der Waals surface area contributed by atoms with Gasteiger partial charge in [-0.2, -0.15) is 0 Å². The number of Topliss-reactive ketones (excluding diaryl/α,β-unsaturated/α-hetero) is 1. The highest BCUT2D eigenvalue weighted by atomic mass is 19.1. The third-order valence-electron chi connectivity index (χ3n) is 12.3. The smallest absolute Gasteiger partial charge is 0.256 e. The molecule has 0 aromatic heterocycles. The quantitative estimate of drug-likeness (QED) is 0.302. The molecule has 9 unspecified atom stereocenters. The van der Waals surface area contributed by atoms with Crippen molar-refractivity contribution in [2.75, 3.05) is 72.5 Å². The Morgan fingerprint density at radius 2 is 1.66 bits per heavy atom. The zero-order valence-corrected chi connectivity index (χ0v) is 26.8. The summed E-state index contributed by atoms with van der Waals surface area (Å²) >= 11 is 0. The minimum Gasteiger partial charge on any atom is -0.369 e. The number of ether oxygens (including phenoxy) is 1. The zero-order valence-electron chi connectivity index (χ0n) is 26.8. The zero-order chi connectivity index (χ0) is 30.2. The number of halogens is 1. The number of nitrogens with zero attached hydrogens (tertiary/aromatic N) is 4. The molecule has 3 aliphatic carbocycles. The Morgan fingerprint density at radius 1 is 0.932 bits per heavy atom. The maximum absolute atomic E-state index is 16.1. The third kappa shape index (κ3) is 6.35. The molecule has 246 valence electrons. The lowest BCUT2D eigenvalue weighted by Gasteiger charge is -2.61. The molecule has 6 fully saturated rings. The number of hydrogen-bond acceptors (Lipinski definition) is 8. The summed E-state index contributed by atoms with van der Waals surface area (Å²) in [4.78, 5) is 37.1. The van der Waals surface area contributed by atoms with Crippen molar-refractivity contribution in [2.45, 2.75) is 101 Å². The first-order valence-electron chi connectivity index (χ1n) is 17.9. The molecular weight excluding hydrogens is 559 g/mol. The number of fused-ring (bicyclic) bond motifs is 3. The first-order valence-corrected chi connectivity index (χ1v) is 17.9. The molecule has 10 heteroatoms. The van der Waals surface area contributed by atoms with E-state index in [4.69, 9.17) is 4.74 Å². The molecule has 2 N–H and O–H groups in total. The van der Waals surface area contributed by atoms with Gasteiger partial charge in [0.25, 0.3) is 5.91 Å². The van der Waals surface area contributed by atoms with Gasteiger partial charge in [-0.25, -0.2) is 4.39 Å². The summed E-state index contributed by atoms with van der Waals surface area (Å²) in [7, 11) is 2.15. The summed E-state index contributed by atoms with van der Waals surface area (Å²) in [5, 5.41) is 6.62. The molecule has 0 spiro atoms. The largest absolute Gasteiger partial charge is 0.369 e. The molecule has 3 saturated carbocycles. The summed E-state index contributed by atoms with van der Waals surface area (Å²) in [5.41, 5.74) is 0.226. The van der Waals surface area contributed by atoms with E-state index in [1.165, 1.54) is 38.5 Å². The number of rotatable bonds is 9. The average molecular weight is 615 g/mol. The van der Waals surface area contributed by atoms with Crippen molar-refractivity contribution in [1.29, 1.82) is 0 Å². The molecule has 7 rings (SSSR count). The highest BCUT2D eigenvalue weighted by Gasteiger charge is 2.59. The van der Waals surface area contributed by atoms with Crippen LogP contribution in [-0.4, -0.2) is 140 Å². The highest BCUT2D eigenvalue weighted by molar-refractivity contribution is 6.20. The van der Waals surface area contributed by atoms with Gasteiger partial charge in [-0.05, 0) is 77.0 Å². The van der Waals surface area contributed by atoms with Crippen LogP contribution < -0.4 is 10.6 Å². The van der Waals surface area contributed by atoms with E-state index < -0.39 is 24.2 Å². The number of likely N-dealkylation sites (tertiary alicyclic amines) is 1. The lowest BCUT2D eigenvalue weighted by atomic mass is 9.65. The van der Waals surface area contributed by atoms with E-state index in [1.54, 1.807) is 0 Å². The van der Waals surface area contributed by atoms with Crippen LogP contribution in [0.15, 0.2) is 11.8 Å². The van der Waals surface area contributed by atoms with Crippen LogP contribution >= 0.6 is 0 Å². The van der Waals surface area contributed by atoms with E-state index in [9.17, 15) is 9.59 Å². The number of piperazine rings is 1. The summed E-state index contributed by atoms with van der Waals surface area (Å²) in [6.07, 6.45) is 11.0. The second-order valence-corrected chi connectivity index (χ2v) is 15.0. The topological polar surface area (TPSA) is 80.4 Å². The maximum atomic E-state index is 16.1. The Balaban J connectivity index is 1.07. The van der Waals surface area contributed by atoms with Crippen molar-refractivity contribution in [3.05, 3.63) is 11.8 Å².